The van der Waals surface area contributed by atoms with Crippen LogP contribution in [-0.2, 0) is 19.5 Å². The molecule has 0 spiro atoms. The van der Waals surface area contributed by atoms with Gasteiger partial charge in [-0.05, 0) is 29.3 Å². The molecule has 1 aliphatic rings. The summed E-state index contributed by atoms with van der Waals surface area (Å²) < 4.78 is 0. The van der Waals surface area contributed by atoms with Crippen LogP contribution in [0, 0.1) is 0 Å². The van der Waals surface area contributed by atoms with Crippen LogP contribution < -0.4 is 4.90 Å². The zero-order chi connectivity index (χ0) is 17.3. The van der Waals surface area contributed by atoms with E-state index in [0.29, 0.717) is 0 Å². The van der Waals surface area contributed by atoms with Crippen molar-refractivity contribution in [3.63, 3.8) is 0 Å². The molecular weight excluding hydrogens is 417 g/mol. The van der Waals surface area contributed by atoms with Crippen molar-refractivity contribution in [2.75, 3.05) is 11.4 Å². The Hall–Kier alpha value is -2.77. The number of benzene rings is 3. The van der Waals surface area contributed by atoms with Crippen molar-refractivity contribution in [3.8, 4) is 11.1 Å². The van der Waals surface area contributed by atoms with Gasteiger partial charge in [0.2, 0.25) is 0 Å². The molecule has 130 valence electrons. The van der Waals surface area contributed by atoms with Gasteiger partial charge in [-0.15, -0.1) is 0 Å². The molecule has 3 aromatic carbocycles. The van der Waals surface area contributed by atoms with Gasteiger partial charge in [0.15, 0.2) is 0 Å². The van der Waals surface area contributed by atoms with Crippen LogP contribution in [-0.4, -0.2) is 11.5 Å². The fourth-order valence-corrected chi connectivity index (χ4v) is 3.73. The third kappa shape index (κ3) is 3.09. The summed E-state index contributed by atoms with van der Waals surface area (Å²) in [6.07, 6.45) is 6.33. The molecule has 0 amide bonds. The minimum absolute atomic E-state index is 0. The number of fused-ring (bicyclic) bond motifs is 3. The predicted molar refractivity (Wildman–Crippen MR) is 110 cm³/mol. The molecule has 0 aliphatic carbocycles. The maximum Gasteiger partial charge on any atom is 2.00 e. The third-order valence-electron chi connectivity index (χ3n) is 4.93. The number of pyridine rings is 1. The number of anilines is 2. The van der Waals surface area contributed by atoms with Crippen LogP contribution >= 0.6 is 0 Å². The topological polar surface area (TPSA) is 16.1 Å². The van der Waals surface area contributed by atoms with Gasteiger partial charge < -0.3 is 4.90 Å². The minimum Gasteiger partial charge on any atom is -0.335 e. The van der Waals surface area contributed by atoms with Crippen molar-refractivity contribution >= 4 is 28.4 Å². The van der Waals surface area contributed by atoms with Gasteiger partial charge in [0.05, 0.1) is 11.2 Å². The first-order valence-corrected chi connectivity index (χ1v) is 8.88. The molecule has 4 aromatic rings. The number of hydrogen-bond donors (Lipinski definition) is 0. The van der Waals surface area contributed by atoms with Crippen LogP contribution in [0.1, 0.15) is 5.56 Å². The summed E-state index contributed by atoms with van der Waals surface area (Å²) in [5.41, 5.74) is 7.09. The molecule has 0 bridgehead atoms. The van der Waals surface area contributed by atoms with Crippen molar-refractivity contribution in [1.82, 2.24) is 4.98 Å². The number of rotatable bonds is 2. The second-order valence-corrected chi connectivity index (χ2v) is 6.47. The summed E-state index contributed by atoms with van der Waals surface area (Å²) in [5, 5.41) is 1.19. The summed E-state index contributed by atoms with van der Waals surface area (Å²) in [5.74, 6) is 0. The SMILES string of the molecule is C1=Cc2ccc3c(-c4ccccc4)ccnc3c2N(c2ccccc2)C1.[Ru+2]. The van der Waals surface area contributed by atoms with Crippen LogP contribution in [0.25, 0.3) is 28.1 Å². The zero-order valence-corrected chi connectivity index (χ0v) is 16.4. The van der Waals surface area contributed by atoms with Gasteiger partial charge in [-0.3, -0.25) is 4.98 Å². The monoisotopic (exact) mass is 436 g/mol. The quantitative estimate of drug-likeness (QED) is 0.356. The van der Waals surface area contributed by atoms with Crippen LogP contribution in [0.15, 0.2) is 91.1 Å². The van der Waals surface area contributed by atoms with Gasteiger partial charge in [-0.2, -0.15) is 0 Å². The molecule has 0 N–H and O–H groups in total. The largest absolute Gasteiger partial charge is 2.00 e. The summed E-state index contributed by atoms with van der Waals surface area (Å²) in [4.78, 5) is 7.13. The Morgan fingerprint density at radius 3 is 2.30 bits per heavy atom. The molecule has 0 fully saturated rings. The van der Waals surface area contributed by atoms with Gasteiger partial charge in [0, 0.05) is 29.4 Å². The van der Waals surface area contributed by atoms with Crippen molar-refractivity contribution in [2.24, 2.45) is 0 Å². The maximum atomic E-state index is 4.78. The van der Waals surface area contributed by atoms with Crippen molar-refractivity contribution in [1.29, 1.82) is 0 Å². The average molecular weight is 435 g/mol. The van der Waals surface area contributed by atoms with E-state index in [1.807, 2.05) is 6.20 Å². The average Bonchev–Trinajstić information content (AvgIpc) is 2.74. The second-order valence-electron chi connectivity index (χ2n) is 6.47. The second kappa shape index (κ2) is 7.46. The van der Waals surface area contributed by atoms with Crippen molar-refractivity contribution in [2.45, 2.75) is 0 Å². The minimum atomic E-state index is 0. The van der Waals surface area contributed by atoms with E-state index in [-0.39, 0.29) is 19.5 Å². The maximum absolute atomic E-state index is 4.78. The zero-order valence-electron chi connectivity index (χ0n) is 14.7. The summed E-state index contributed by atoms with van der Waals surface area (Å²) in [6, 6.07) is 27.6. The van der Waals surface area contributed by atoms with Crippen LogP contribution in [0.3, 0.4) is 0 Å². The molecule has 5 rings (SSSR count). The smallest absolute Gasteiger partial charge is 0.335 e. The van der Waals surface area contributed by atoms with Gasteiger partial charge in [0.1, 0.15) is 0 Å². The molecule has 0 unspecified atom stereocenters. The van der Waals surface area contributed by atoms with E-state index < -0.39 is 0 Å². The first-order chi connectivity index (χ1) is 12.9. The summed E-state index contributed by atoms with van der Waals surface area (Å²) in [6.45, 7) is 0.855. The third-order valence-corrected chi connectivity index (χ3v) is 4.93. The van der Waals surface area contributed by atoms with Crippen molar-refractivity contribution in [3.05, 3.63) is 96.7 Å². The Labute approximate surface area is 171 Å². The number of aromatic nitrogens is 1. The van der Waals surface area contributed by atoms with Crippen molar-refractivity contribution < 1.29 is 19.5 Å². The van der Waals surface area contributed by atoms with E-state index in [1.54, 1.807) is 0 Å². The standard InChI is InChI=1S/C24H18N2.Ru/c1-3-8-18(9-4-1)21-15-16-25-23-22(21)14-13-19-10-7-17-26(24(19)23)20-11-5-2-6-12-20;/h1-16H,17H2;/q;+2. The molecule has 27 heavy (non-hydrogen) atoms. The summed E-state index contributed by atoms with van der Waals surface area (Å²) in [7, 11) is 0. The van der Waals surface area contributed by atoms with E-state index in [0.717, 1.165) is 12.1 Å². The number of para-hydroxylation sites is 1. The Morgan fingerprint density at radius 2 is 1.52 bits per heavy atom. The normalized spacial score (nSPS) is 12.5. The van der Waals surface area contributed by atoms with Crippen LogP contribution in [0.2, 0.25) is 0 Å². The molecule has 0 radical (unpaired) electrons. The molecular formula is C24H18N2Ru+2. The molecule has 0 atom stereocenters. The van der Waals surface area contributed by atoms with Gasteiger partial charge in [-0.25, -0.2) is 0 Å². The molecule has 0 saturated heterocycles. The van der Waals surface area contributed by atoms with E-state index in [2.05, 4.69) is 95.9 Å². The van der Waals surface area contributed by atoms with E-state index in [1.165, 1.54) is 33.5 Å². The Kier molecular flexibility index (Phi) is 4.87. The molecule has 2 nitrogen and oxygen atoms in total. The Morgan fingerprint density at radius 1 is 0.778 bits per heavy atom. The van der Waals surface area contributed by atoms with Gasteiger partial charge >= 0.3 is 19.5 Å². The molecule has 1 aliphatic heterocycles. The van der Waals surface area contributed by atoms with Crippen LogP contribution in [0.5, 0.6) is 0 Å². The molecule has 1 aromatic heterocycles. The first-order valence-electron chi connectivity index (χ1n) is 8.88. The van der Waals surface area contributed by atoms with Gasteiger partial charge in [0.25, 0.3) is 0 Å². The fourth-order valence-electron chi connectivity index (χ4n) is 3.73. The van der Waals surface area contributed by atoms with E-state index in [9.17, 15) is 0 Å². The first kappa shape index (κ1) is 17.6. The summed E-state index contributed by atoms with van der Waals surface area (Å²) >= 11 is 0. The Balaban J connectivity index is 0.00000180. The van der Waals surface area contributed by atoms with Gasteiger partial charge in [-0.1, -0.05) is 72.8 Å². The number of hydrogen-bond acceptors (Lipinski definition) is 2. The van der Waals surface area contributed by atoms with E-state index >= 15 is 0 Å². The predicted octanol–water partition coefficient (Wildman–Crippen LogP) is 6.06. The molecule has 3 heteroatoms. The van der Waals surface area contributed by atoms with Crippen LogP contribution in [0.4, 0.5) is 11.4 Å². The fraction of sp³-hybridized carbons (Fsp3) is 0.0417. The van der Waals surface area contributed by atoms with E-state index in [4.69, 9.17) is 4.98 Å². The number of nitrogens with zero attached hydrogens (tertiary/aromatic N) is 2. The Bertz CT molecular complexity index is 1110. The molecule has 2 heterocycles. The molecule has 0 saturated carbocycles.